The average Bonchev–Trinajstić information content (AvgIpc) is 2.38. The molecule has 0 spiro atoms. The highest BCUT2D eigenvalue weighted by atomic mass is 19.3. The van der Waals surface area contributed by atoms with Crippen LogP contribution in [-0.2, 0) is 11.3 Å². The number of aliphatic hydroxyl groups excluding tert-OH is 1. The highest BCUT2D eigenvalue weighted by Gasteiger charge is 2.51. The molecule has 0 aliphatic heterocycles. The molecule has 3 nitrogen and oxygen atoms in total. The zero-order chi connectivity index (χ0) is 14.5. The van der Waals surface area contributed by atoms with Crippen molar-refractivity contribution < 1.29 is 27.5 Å². The second-order valence-electron chi connectivity index (χ2n) is 3.86. The molecule has 0 unspecified atom stereocenters. The van der Waals surface area contributed by atoms with Gasteiger partial charge in [0.15, 0.2) is 0 Å². The van der Waals surface area contributed by atoms with Crippen molar-refractivity contribution in [3.05, 3.63) is 35.9 Å². The van der Waals surface area contributed by atoms with Crippen molar-refractivity contribution in [3.63, 3.8) is 0 Å². The first-order valence-corrected chi connectivity index (χ1v) is 5.49. The predicted octanol–water partition coefficient (Wildman–Crippen LogP) is 1.91. The van der Waals surface area contributed by atoms with Crippen molar-refractivity contribution in [1.82, 2.24) is 4.90 Å². The summed E-state index contributed by atoms with van der Waals surface area (Å²) < 4.78 is 50.3. The Kier molecular flexibility index (Phi) is 5.29. The molecule has 1 amide bonds. The SMILES string of the molecule is O=C(N(CCO)Cc1ccccc1)C(F)(F)C(F)F. The lowest BCUT2D eigenvalue weighted by atomic mass is 10.2. The van der Waals surface area contributed by atoms with Gasteiger partial charge in [0.05, 0.1) is 6.61 Å². The van der Waals surface area contributed by atoms with Crippen molar-refractivity contribution in [2.45, 2.75) is 18.9 Å². The second-order valence-corrected chi connectivity index (χ2v) is 3.86. The fourth-order valence-corrected chi connectivity index (χ4v) is 1.48. The summed E-state index contributed by atoms with van der Waals surface area (Å²) in [6.07, 6.45) is -4.07. The molecule has 0 atom stereocenters. The summed E-state index contributed by atoms with van der Waals surface area (Å²) in [5.74, 6) is -6.73. The number of aliphatic hydroxyl groups is 1. The predicted molar refractivity (Wildman–Crippen MR) is 59.9 cm³/mol. The summed E-state index contributed by atoms with van der Waals surface area (Å²) >= 11 is 0. The molecular formula is C12H13F4NO2. The summed E-state index contributed by atoms with van der Waals surface area (Å²) in [5.41, 5.74) is 0.509. The van der Waals surface area contributed by atoms with Gasteiger partial charge in [-0.05, 0) is 5.56 Å². The largest absolute Gasteiger partial charge is 0.395 e. The lowest BCUT2D eigenvalue weighted by molar-refractivity contribution is -0.181. The van der Waals surface area contributed by atoms with E-state index in [2.05, 4.69) is 0 Å². The van der Waals surface area contributed by atoms with Crippen molar-refractivity contribution in [3.8, 4) is 0 Å². The molecule has 106 valence electrons. The summed E-state index contributed by atoms with van der Waals surface area (Å²) in [6.45, 7) is -1.28. The Morgan fingerprint density at radius 3 is 2.32 bits per heavy atom. The Hall–Kier alpha value is -1.63. The first kappa shape index (κ1) is 15.4. The van der Waals surface area contributed by atoms with Crippen molar-refractivity contribution in [2.24, 2.45) is 0 Å². The molecule has 0 aromatic heterocycles. The highest BCUT2D eigenvalue weighted by molar-refractivity contribution is 5.84. The van der Waals surface area contributed by atoms with Crippen LogP contribution in [0.1, 0.15) is 5.56 Å². The summed E-state index contributed by atoms with van der Waals surface area (Å²) in [7, 11) is 0. The first-order chi connectivity index (χ1) is 8.89. The third-order valence-corrected chi connectivity index (χ3v) is 2.43. The van der Waals surface area contributed by atoms with Gasteiger partial charge >= 0.3 is 12.3 Å². The molecule has 0 aliphatic carbocycles. The van der Waals surface area contributed by atoms with E-state index in [1.54, 1.807) is 30.3 Å². The lowest BCUT2D eigenvalue weighted by Gasteiger charge is -2.26. The number of rotatable bonds is 6. The Morgan fingerprint density at radius 2 is 1.84 bits per heavy atom. The Bertz CT molecular complexity index is 411. The van der Waals surface area contributed by atoms with Crippen LogP contribution < -0.4 is 0 Å². The Morgan fingerprint density at radius 1 is 1.26 bits per heavy atom. The number of nitrogens with zero attached hydrogens (tertiary/aromatic N) is 1. The highest BCUT2D eigenvalue weighted by Crippen LogP contribution is 2.26. The van der Waals surface area contributed by atoms with E-state index in [0.29, 0.717) is 10.5 Å². The number of hydrogen-bond donors (Lipinski definition) is 1. The standard InChI is InChI=1S/C12H13F4NO2/c13-10(14)12(15,16)11(19)17(6-7-18)8-9-4-2-1-3-5-9/h1-5,10,18H,6-8H2. The minimum absolute atomic E-state index is 0.261. The topological polar surface area (TPSA) is 40.5 Å². The van der Waals surface area contributed by atoms with E-state index < -0.39 is 31.4 Å². The molecule has 19 heavy (non-hydrogen) atoms. The molecule has 0 saturated heterocycles. The Balaban J connectivity index is 2.86. The van der Waals surface area contributed by atoms with Crippen LogP contribution in [0.15, 0.2) is 30.3 Å². The summed E-state index contributed by atoms with van der Waals surface area (Å²) in [4.78, 5) is 11.9. The van der Waals surface area contributed by atoms with Crippen LogP contribution in [0.3, 0.4) is 0 Å². The van der Waals surface area contributed by atoms with Crippen LogP contribution in [0.2, 0.25) is 0 Å². The van der Waals surface area contributed by atoms with Crippen LogP contribution in [0, 0.1) is 0 Å². The summed E-state index contributed by atoms with van der Waals surface area (Å²) in [6, 6.07) is 8.08. The van der Waals surface area contributed by atoms with E-state index in [-0.39, 0.29) is 6.54 Å². The van der Waals surface area contributed by atoms with Crippen LogP contribution in [0.25, 0.3) is 0 Å². The number of alkyl halides is 4. The third kappa shape index (κ3) is 3.92. The van der Waals surface area contributed by atoms with E-state index in [1.807, 2.05) is 0 Å². The molecule has 1 aromatic rings. The minimum Gasteiger partial charge on any atom is -0.395 e. The zero-order valence-electron chi connectivity index (χ0n) is 9.90. The maximum Gasteiger partial charge on any atom is 0.383 e. The number of halogens is 4. The number of carbonyl (C=O) groups excluding carboxylic acids is 1. The minimum atomic E-state index is -4.75. The monoisotopic (exact) mass is 279 g/mol. The van der Waals surface area contributed by atoms with E-state index in [0.717, 1.165) is 0 Å². The fraction of sp³-hybridized carbons (Fsp3) is 0.417. The van der Waals surface area contributed by atoms with Gasteiger partial charge in [-0.2, -0.15) is 8.78 Å². The lowest BCUT2D eigenvalue weighted by Crippen LogP contribution is -2.48. The van der Waals surface area contributed by atoms with Gasteiger partial charge in [0.1, 0.15) is 0 Å². The molecule has 0 heterocycles. The molecule has 1 N–H and O–H groups in total. The van der Waals surface area contributed by atoms with Crippen LogP contribution in [-0.4, -0.2) is 41.4 Å². The molecule has 0 saturated carbocycles. The van der Waals surface area contributed by atoms with Gasteiger partial charge < -0.3 is 10.0 Å². The van der Waals surface area contributed by atoms with Crippen LogP contribution in [0.4, 0.5) is 17.6 Å². The quantitative estimate of drug-likeness (QED) is 0.808. The molecule has 0 radical (unpaired) electrons. The molecular weight excluding hydrogens is 266 g/mol. The molecule has 0 aliphatic rings. The molecule has 0 fully saturated rings. The molecule has 7 heteroatoms. The Labute approximate surface area is 107 Å². The number of amides is 1. The number of benzene rings is 1. The fourth-order valence-electron chi connectivity index (χ4n) is 1.48. The van der Waals surface area contributed by atoms with Crippen LogP contribution >= 0.6 is 0 Å². The van der Waals surface area contributed by atoms with Crippen molar-refractivity contribution in [1.29, 1.82) is 0 Å². The maximum atomic E-state index is 13.0. The van der Waals surface area contributed by atoms with E-state index in [4.69, 9.17) is 5.11 Å². The van der Waals surface area contributed by atoms with Gasteiger partial charge in [0.2, 0.25) is 0 Å². The molecule has 1 rings (SSSR count). The zero-order valence-corrected chi connectivity index (χ0v) is 9.90. The molecule has 0 bridgehead atoms. The van der Waals surface area contributed by atoms with Gasteiger partial charge in [0, 0.05) is 13.1 Å². The normalized spacial score (nSPS) is 11.7. The van der Waals surface area contributed by atoms with Gasteiger partial charge in [0.25, 0.3) is 5.91 Å². The van der Waals surface area contributed by atoms with E-state index in [9.17, 15) is 22.4 Å². The van der Waals surface area contributed by atoms with Gasteiger partial charge in [-0.25, -0.2) is 8.78 Å². The second kappa shape index (κ2) is 6.51. The van der Waals surface area contributed by atoms with Gasteiger partial charge in [-0.1, -0.05) is 30.3 Å². The number of carbonyl (C=O) groups is 1. The maximum absolute atomic E-state index is 13.0. The number of hydrogen-bond acceptors (Lipinski definition) is 2. The van der Waals surface area contributed by atoms with E-state index >= 15 is 0 Å². The van der Waals surface area contributed by atoms with Gasteiger partial charge in [-0.15, -0.1) is 0 Å². The van der Waals surface area contributed by atoms with Gasteiger partial charge in [-0.3, -0.25) is 4.79 Å². The smallest absolute Gasteiger partial charge is 0.383 e. The van der Waals surface area contributed by atoms with Crippen molar-refractivity contribution >= 4 is 5.91 Å². The van der Waals surface area contributed by atoms with Crippen LogP contribution in [0.5, 0.6) is 0 Å². The average molecular weight is 279 g/mol. The molecule has 1 aromatic carbocycles. The first-order valence-electron chi connectivity index (χ1n) is 5.49. The summed E-state index contributed by atoms with van der Waals surface area (Å²) in [5, 5.41) is 8.74. The van der Waals surface area contributed by atoms with E-state index in [1.165, 1.54) is 0 Å². The van der Waals surface area contributed by atoms with Crippen molar-refractivity contribution in [2.75, 3.05) is 13.2 Å². The third-order valence-electron chi connectivity index (χ3n) is 2.43.